The van der Waals surface area contributed by atoms with Crippen LogP contribution in [0, 0.1) is 10.6 Å². The molecule has 1 amide bonds. The van der Waals surface area contributed by atoms with Crippen LogP contribution in [0.15, 0.2) is 35.3 Å². The van der Waals surface area contributed by atoms with Crippen molar-refractivity contribution in [3.63, 3.8) is 0 Å². The lowest BCUT2D eigenvalue weighted by atomic mass is 10.2. The summed E-state index contributed by atoms with van der Waals surface area (Å²) in [4.78, 5) is 24.8. The second kappa shape index (κ2) is 12.9. The number of hydrogen-bond acceptors (Lipinski definition) is 8. The summed E-state index contributed by atoms with van der Waals surface area (Å²) in [5.74, 6) is -0.534. The number of rotatable bonds is 14. The number of benzene rings is 1. The highest BCUT2D eigenvalue weighted by molar-refractivity contribution is 7.71. The standard InChI is InChI=1S/C21H27FN6O5S/c22-15-2-3-17-16(14-15)19(30)27(20-25-26-21(34)28(17)20)7-1-6-24-18(29)4-8-31-10-12-33-13-11-32-9-5-23/h2-4,8,14H,1,5-7,9-13,23H2,(H,24,29)(H,26,34). The molecule has 0 saturated heterocycles. The van der Waals surface area contributed by atoms with E-state index in [2.05, 4.69) is 15.5 Å². The van der Waals surface area contributed by atoms with Gasteiger partial charge in [0, 0.05) is 25.7 Å². The van der Waals surface area contributed by atoms with Crippen LogP contribution in [0.25, 0.3) is 16.7 Å². The highest BCUT2D eigenvalue weighted by atomic mass is 32.1. The van der Waals surface area contributed by atoms with Gasteiger partial charge in [0.05, 0.1) is 43.6 Å². The summed E-state index contributed by atoms with van der Waals surface area (Å²) >= 11 is 5.26. The monoisotopic (exact) mass is 494 g/mol. The molecule has 0 saturated carbocycles. The van der Waals surface area contributed by atoms with Crippen LogP contribution in [0.2, 0.25) is 0 Å². The van der Waals surface area contributed by atoms with Gasteiger partial charge in [0.25, 0.3) is 5.56 Å². The van der Waals surface area contributed by atoms with E-state index in [0.717, 1.165) is 0 Å². The van der Waals surface area contributed by atoms with Gasteiger partial charge in [0.1, 0.15) is 12.4 Å². The zero-order chi connectivity index (χ0) is 24.3. The van der Waals surface area contributed by atoms with Gasteiger partial charge in [-0.05, 0) is 36.8 Å². The number of aromatic nitrogens is 4. The van der Waals surface area contributed by atoms with Crippen LogP contribution in [-0.2, 0) is 25.5 Å². The minimum Gasteiger partial charge on any atom is -0.499 e. The number of amides is 1. The van der Waals surface area contributed by atoms with Crippen LogP contribution in [0.4, 0.5) is 4.39 Å². The molecule has 0 unspecified atom stereocenters. The first-order valence-electron chi connectivity index (χ1n) is 10.7. The maximum Gasteiger partial charge on any atom is 0.262 e. The first kappa shape index (κ1) is 25.5. The molecule has 2 aromatic heterocycles. The lowest BCUT2D eigenvalue weighted by Crippen LogP contribution is -2.27. The van der Waals surface area contributed by atoms with Crippen LogP contribution in [0.1, 0.15) is 6.42 Å². The fraction of sp³-hybridized carbons (Fsp3) is 0.429. The van der Waals surface area contributed by atoms with Crippen molar-refractivity contribution in [3.05, 3.63) is 51.5 Å². The third-order valence-corrected chi connectivity index (χ3v) is 5.00. The molecular formula is C21H27FN6O5S. The SMILES string of the molecule is NCCOCCOCCOC=CC(=O)NCCCn1c(=O)c2cc(F)ccc2n2c(=S)[nH]nc12. The Balaban J connectivity index is 1.45. The number of aromatic amines is 1. The van der Waals surface area contributed by atoms with Crippen LogP contribution in [-0.4, -0.2) is 71.2 Å². The fourth-order valence-electron chi connectivity index (χ4n) is 3.20. The zero-order valence-electron chi connectivity index (χ0n) is 18.5. The molecule has 11 nitrogen and oxygen atoms in total. The quantitative estimate of drug-likeness (QED) is 0.130. The number of nitrogens with two attached hydrogens (primary N) is 1. The van der Waals surface area contributed by atoms with Crippen LogP contribution >= 0.6 is 12.2 Å². The molecule has 0 radical (unpaired) electrons. The summed E-state index contributed by atoms with van der Waals surface area (Å²) in [5.41, 5.74) is 5.39. The Morgan fingerprint density at radius 1 is 1.24 bits per heavy atom. The number of carbonyl (C=O) groups excluding carboxylic acids is 1. The van der Waals surface area contributed by atoms with Crippen molar-refractivity contribution in [2.75, 3.05) is 46.1 Å². The van der Waals surface area contributed by atoms with Crippen molar-refractivity contribution < 1.29 is 23.4 Å². The normalized spacial score (nSPS) is 11.6. The molecule has 0 fully saturated rings. The summed E-state index contributed by atoms with van der Waals surface area (Å²) in [5, 5.41) is 9.70. The van der Waals surface area contributed by atoms with Crippen LogP contribution < -0.4 is 16.6 Å². The van der Waals surface area contributed by atoms with Crippen molar-refractivity contribution in [2.45, 2.75) is 13.0 Å². The Bertz CT molecular complexity index is 1250. The van der Waals surface area contributed by atoms with E-state index >= 15 is 0 Å². The largest absolute Gasteiger partial charge is 0.499 e. The Kier molecular flexibility index (Phi) is 9.70. The van der Waals surface area contributed by atoms with Crippen LogP contribution in [0.5, 0.6) is 0 Å². The maximum atomic E-state index is 13.7. The Labute approximate surface area is 199 Å². The third-order valence-electron chi connectivity index (χ3n) is 4.72. The zero-order valence-corrected chi connectivity index (χ0v) is 19.3. The van der Waals surface area contributed by atoms with E-state index in [0.29, 0.717) is 68.6 Å². The maximum absolute atomic E-state index is 13.7. The summed E-state index contributed by atoms with van der Waals surface area (Å²) in [7, 11) is 0. The van der Waals surface area contributed by atoms with Crippen molar-refractivity contribution in [2.24, 2.45) is 5.73 Å². The molecule has 3 aromatic rings. The lowest BCUT2D eigenvalue weighted by molar-refractivity contribution is -0.116. The molecule has 0 aliphatic heterocycles. The first-order valence-corrected chi connectivity index (χ1v) is 11.1. The Morgan fingerprint density at radius 2 is 2.00 bits per heavy atom. The third kappa shape index (κ3) is 6.70. The predicted molar refractivity (Wildman–Crippen MR) is 126 cm³/mol. The lowest BCUT2D eigenvalue weighted by Gasteiger charge is -2.10. The van der Waals surface area contributed by atoms with Gasteiger partial charge in [-0.2, -0.15) is 0 Å². The van der Waals surface area contributed by atoms with E-state index in [1.807, 2.05) is 0 Å². The molecule has 0 spiro atoms. The molecule has 1 aromatic carbocycles. The minimum absolute atomic E-state index is 0.196. The Hall–Kier alpha value is -3.13. The van der Waals surface area contributed by atoms with Gasteiger partial charge in [-0.15, -0.1) is 5.10 Å². The van der Waals surface area contributed by atoms with Gasteiger partial charge in [-0.25, -0.2) is 9.49 Å². The molecule has 0 bridgehead atoms. The number of hydrogen-bond donors (Lipinski definition) is 3. The first-order chi connectivity index (χ1) is 16.5. The fourth-order valence-corrected chi connectivity index (χ4v) is 3.42. The van der Waals surface area contributed by atoms with E-state index in [1.54, 1.807) is 4.40 Å². The van der Waals surface area contributed by atoms with E-state index in [1.165, 1.54) is 35.1 Å². The van der Waals surface area contributed by atoms with Crippen molar-refractivity contribution in [1.82, 2.24) is 24.5 Å². The smallest absolute Gasteiger partial charge is 0.262 e. The van der Waals surface area contributed by atoms with Crippen molar-refractivity contribution >= 4 is 34.8 Å². The highest BCUT2D eigenvalue weighted by Gasteiger charge is 2.14. The minimum atomic E-state index is -0.519. The van der Waals surface area contributed by atoms with Crippen molar-refractivity contribution in [3.8, 4) is 0 Å². The molecule has 0 aliphatic carbocycles. The Morgan fingerprint density at radius 3 is 2.79 bits per heavy atom. The molecular weight excluding hydrogens is 467 g/mol. The average molecular weight is 495 g/mol. The molecule has 184 valence electrons. The molecule has 2 heterocycles. The number of ether oxygens (including phenoxy) is 3. The van der Waals surface area contributed by atoms with Gasteiger partial charge >= 0.3 is 0 Å². The highest BCUT2D eigenvalue weighted by Crippen LogP contribution is 2.14. The number of nitrogens with one attached hydrogen (secondary N) is 2. The van der Waals surface area contributed by atoms with Gasteiger partial charge in [0.15, 0.2) is 0 Å². The van der Waals surface area contributed by atoms with Crippen LogP contribution in [0.3, 0.4) is 0 Å². The number of fused-ring (bicyclic) bond motifs is 3. The number of nitrogens with zero attached hydrogens (tertiary/aromatic N) is 3. The summed E-state index contributed by atoms with van der Waals surface area (Å²) in [6.07, 6.45) is 3.00. The van der Waals surface area contributed by atoms with Crippen molar-refractivity contribution in [1.29, 1.82) is 0 Å². The van der Waals surface area contributed by atoms with E-state index < -0.39 is 5.82 Å². The second-order valence-electron chi connectivity index (χ2n) is 7.11. The number of carbonyl (C=O) groups is 1. The van der Waals surface area contributed by atoms with E-state index in [-0.39, 0.29) is 23.4 Å². The summed E-state index contributed by atoms with van der Waals surface area (Å²) in [6, 6.07) is 3.93. The molecule has 3 rings (SSSR count). The predicted octanol–water partition coefficient (Wildman–Crippen LogP) is 0.874. The van der Waals surface area contributed by atoms with Gasteiger partial charge < -0.3 is 25.3 Å². The molecule has 4 N–H and O–H groups in total. The molecule has 34 heavy (non-hydrogen) atoms. The van der Waals surface area contributed by atoms with E-state index in [4.69, 9.17) is 32.2 Å². The topological polar surface area (TPSA) is 138 Å². The second-order valence-corrected chi connectivity index (χ2v) is 7.50. The summed E-state index contributed by atoms with van der Waals surface area (Å²) in [6.45, 7) is 3.11. The summed E-state index contributed by atoms with van der Waals surface area (Å²) < 4.78 is 32.7. The number of aryl methyl sites for hydroxylation is 1. The molecule has 13 heteroatoms. The van der Waals surface area contributed by atoms with E-state index in [9.17, 15) is 14.0 Å². The molecule has 0 aliphatic rings. The van der Waals surface area contributed by atoms with Gasteiger partial charge in [-0.1, -0.05) is 0 Å². The molecule has 0 atom stereocenters. The number of H-pyrrole nitrogens is 1. The average Bonchev–Trinajstić information content (AvgIpc) is 3.21. The number of halogens is 1. The van der Waals surface area contributed by atoms with Gasteiger partial charge in [-0.3, -0.25) is 18.6 Å². The van der Waals surface area contributed by atoms with Gasteiger partial charge in [0.2, 0.25) is 16.5 Å².